The lowest BCUT2D eigenvalue weighted by atomic mass is 10.1. The molecule has 0 aliphatic heterocycles. The predicted molar refractivity (Wildman–Crippen MR) is 91.6 cm³/mol. The number of hydrogen-bond acceptors (Lipinski definition) is 1. The minimum absolute atomic E-state index is 0.610. The molecule has 0 spiro atoms. The molecule has 0 aliphatic rings. The Kier molecular flexibility index (Phi) is 4.74. The van der Waals surface area contributed by atoms with Crippen LogP contribution < -0.4 is 10.6 Å². The maximum Gasteiger partial charge on any atom is 0.175 e. The van der Waals surface area contributed by atoms with Crippen LogP contribution in [-0.4, -0.2) is 5.11 Å². The number of rotatable bonds is 3. The molecule has 0 aliphatic carbocycles. The van der Waals surface area contributed by atoms with E-state index in [1.165, 1.54) is 16.7 Å². The first-order valence-corrected chi connectivity index (χ1v) is 7.23. The van der Waals surface area contributed by atoms with Crippen LogP contribution in [0.1, 0.15) is 23.6 Å². The molecule has 20 heavy (non-hydrogen) atoms. The van der Waals surface area contributed by atoms with Crippen molar-refractivity contribution in [2.75, 3.05) is 10.6 Å². The van der Waals surface area contributed by atoms with Crippen LogP contribution in [0.5, 0.6) is 0 Å². The second-order valence-corrected chi connectivity index (χ2v) is 5.41. The van der Waals surface area contributed by atoms with E-state index in [9.17, 15) is 0 Å². The van der Waals surface area contributed by atoms with Gasteiger partial charge in [0.25, 0.3) is 0 Å². The molecule has 2 nitrogen and oxygen atoms in total. The van der Waals surface area contributed by atoms with Gasteiger partial charge in [0.15, 0.2) is 5.11 Å². The summed E-state index contributed by atoms with van der Waals surface area (Å²) in [5.41, 5.74) is 5.79. The fourth-order valence-electron chi connectivity index (χ4n) is 2.16. The number of anilines is 2. The molecular weight excluding hydrogens is 264 g/mol. The van der Waals surface area contributed by atoms with Crippen molar-refractivity contribution in [3.8, 4) is 0 Å². The average molecular weight is 284 g/mol. The number of nitrogens with one attached hydrogen (secondary N) is 2. The summed E-state index contributed by atoms with van der Waals surface area (Å²) in [6.07, 6.45) is 1.05. The summed E-state index contributed by atoms with van der Waals surface area (Å²) < 4.78 is 0. The maximum absolute atomic E-state index is 5.34. The van der Waals surface area contributed by atoms with Gasteiger partial charge in [-0.05, 0) is 73.4 Å². The van der Waals surface area contributed by atoms with Gasteiger partial charge in [0.2, 0.25) is 0 Å². The van der Waals surface area contributed by atoms with E-state index in [1.807, 2.05) is 12.1 Å². The van der Waals surface area contributed by atoms with E-state index >= 15 is 0 Å². The minimum Gasteiger partial charge on any atom is -0.332 e. The Morgan fingerprint density at radius 3 is 2.00 bits per heavy atom. The highest BCUT2D eigenvalue weighted by Gasteiger charge is 2.00. The summed E-state index contributed by atoms with van der Waals surface area (Å²) >= 11 is 5.34. The highest BCUT2D eigenvalue weighted by Crippen LogP contribution is 2.15. The number of hydrogen-bond donors (Lipinski definition) is 2. The van der Waals surface area contributed by atoms with Crippen molar-refractivity contribution in [3.05, 3.63) is 59.2 Å². The molecule has 2 rings (SSSR count). The Labute approximate surface area is 126 Å². The molecule has 0 bridgehead atoms. The molecule has 0 atom stereocenters. The van der Waals surface area contributed by atoms with Gasteiger partial charge in [-0.1, -0.05) is 25.1 Å². The standard InChI is InChI=1S/C17H20N2S/c1-4-14-5-7-15(8-6-14)18-17(20)19-16-10-12(2)9-13(3)11-16/h5-11H,4H2,1-3H3,(H2,18,19,20). The molecule has 0 amide bonds. The van der Waals surface area contributed by atoms with Gasteiger partial charge >= 0.3 is 0 Å². The molecule has 0 heterocycles. The molecule has 2 aromatic carbocycles. The van der Waals surface area contributed by atoms with Gasteiger partial charge < -0.3 is 10.6 Å². The second kappa shape index (κ2) is 6.53. The third-order valence-electron chi connectivity index (χ3n) is 3.10. The third-order valence-corrected chi connectivity index (χ3v) is 3.30. The van der Waals surface area contributed by atoms with Gasteiger partial charge in [0.05, 0.1) is 0 Å². The summed E-state index contributed by atoms with van der Waals surface area (Å²) in [5.74, 6) is 0. The molecule has 0 unspecified atom stereocenters. The van der Waals surface area contributed by atoms with Crippen LogP contribution in [0.4, 0.5) is 11.4 Å². The van der Waals surface area contributed by atoms with Gasteiger partial charge in [-0.3, -0.25) is 0 Å². The summed E-state index contributed by atoms with van der Waals surface area (Å²) in [6.45, 7) is 6.31. The van der Waals surface area contributed by atoms with Crippen molar-refractivity contribution in [2.45, 2.75) is 27.2 Å². The van der Waals surface area contributed by atoms with Crippen molar-refractivity contribution >= 4 is 28.7 Å². The quantitative estimate of drug-likeness (QED) is 0.801. The van der Waals surface area contributed by atoms with Crippen molar-refractivity contribution in [1.29, 1.82) is 0 Å². The van der Waals surface area contributed by atoms with Crippen LogP contribution in [-0.2, 0) is 6.42 Å². The van der Waals surface area contributed by atoms with E-state index in [2.05, 4.69) is 61.7 Å². The van der Waals surface area contributed by atoms with E-state index < -0.39 is 0 Å². The number of thiocarbonyl (C=S) groups is 1. The van der Waals surface area contributed by atoms with E-state index in [0.717, 1.165) is 17.8 Å². The van der Waals surface area contributed by atoms with Crippen LogP contribution in [0, 0.1) is 13.8 Å². The van der Waals surface area contributed by atoms with Gasteiger partial charge in [0, 0.05) is 11.4 Å². The fraction of sp³-hybridized carbons (Fsp3) is 0.235. The van der Waals surface area contributed by atoms with Crippen LogP contribution >= 0.6 is 12.2 Å². The van der Waals surface area contributed by atoms with E-state index in [1.54, 1.807) is 0 Å². The summed E-state index contributed by atoms with van der Waals surface area (Å²) in [4.78, 5) is 0. The minimum atomic E-state index is 0.610. The molecule has 104 valence electrons. The van der Waals surface area contributed by atoms with E-state index in [0.29, 0.717) is 5.11 Å². The van der Waals surface area contributed by atoms with E-state index in [4.69, 9.17) is 12.2 Å². The smallest absolute Gasteiger partial charge is 0.175 e. The van der Waals surface area contributed by atoms with Crippen molar-refractivity contribution < 1.29 is 0 Å². The van der Waals surface area contributed by atoms with Crippen molar-refractivity contribution in [1.82, 2.24) is 0 Å². The van der Waals surface area contributed by atoms with Gasteiger partial charge in [-0.25, -0.2) is 0 Å². The Balaban J connectivity index is 2.01. The molecule has 0 aromatic heterocycles. The van der Waals surface area contributed by atoms with Crippen molar-refractivity contribution in [2.24, 2.45) is 0 Å². The van der Waals surface area contributed by atoms with Gasteiger partial charge in [-0.2, -0.15) is 0 Å². The molecule has 0 fully saturated rings. The number of aryl methyl sites for hydroxylation is 3. The third kappa shape index (κ3) is 4.07. The van der Waals surface area contributed by atoms with Crippen LogP contribution in [0.3, 0.4) is 0 Å². The zero-order valence-corrected chi connectivity index (χ0v) is 13.0. The zero-order chi connectivity index (χ0) is 14.5. The largest absolute Gasteiger partial charge is 0.332 e. The number of benzene rings is 2. The summed E-state index contributed by atoms with van der Waals surface area (Å²) in [5, 5.41) is 7.03. The van der Waals surface area contributed by atoms with E-state index in [-0.39, 0.29) is 0 Å². The first-order chi connectivity index (χ1) is 9.56. The lowest BCUT2D eigenvalue weighted by Gasteiger charge is -2.12. The SMILES string of the molecule is CCc1ccc(NC(=S)Nc2cc(C)cc(C)c2)cc1. The lowest BCUT2D eigenvalue weighted by Crippen LogP contribution is -2.19. The summed E-state index contributed by atoms with van der Waals surface area (Å²) in [6, 6.07) is 14.6. The molecule has 0 saturated heterocycles. The molecule has 0 saturated carbocycles. The highest BCUT2D eigenvalue weighted by atomic mass is 32.1. The predicted octanol–water partition coefficient (Wildman–Crippen LogP) is 4.67. The topological polar surface area (TPSA) is 24.1 Å². The monoisotopic (exact) mass is 284 g/mol. The Morgan fingerprint density at radius 1 is 0.900 bits per heavy atom. The molecule has 2 N–H and O–H groups in total. The lowest BCUT2D eigenvalue weighted by molar-refractivity contribution is 1.14. The van der Waals surface area contributed by atoms with Crippen LogP contribution in [0.25, 0.3) is 0 Å². The highest BCUT2D eigenvalue weighted by molar-refractivity contribution is 7.80. The molecule has 0 radical (unpaired) electrons. The molecular formula is C17H20N2S. The van der Waals surface area contributed by atoms with Crippen LogP contribution in [0.15, 0.2) is 42.5 Å². The fourth-order valence-corrected chi connectivity index (χ4v) is 2.40. The Hall–Kier alpha value is -1.87. The molecule has 3 heteroatoms. The van der Waals surface area contributed by atoms with Crippen molar-refractivity contribution in [3.63, 3.8) is 0 Å². The summed E-state index contributed by atoms with van der Waals surface area (Å²) in [7, 11) is 0. The maximum atomic E-state index is 5.34. The Bertz CT molecular complexity index is 583. The van der Waals surface area contributed by atoms with Crippen LogP contribution in [0.2, 0.25) is 0 Å². The normalized spacial score (nSPS) is 10.2. The van der Waals surface area contributed by atoms with Gasteiger partial charge in [0.1, 0.15) is 0 Å². The average Bonchev–Trinajstić information content (AvgIpc) is 2.38. The zero-order valence-electron chi connectivity index (χ0n) is 12.2. The first-order valence-electron chi connectivity index (χ1n) is 6.82. The molecule has 2 aromatic rings. The first kappa shape index (κ1) is 14.5. The van der Waals surface area contributed by atoms with Gasteiger partial charge in [-0.15, -0.1) is 0 Å². The Morgan fingerprint density at radius 2 is 1.45 bits per heavy atom. The second-order valence-electron chi connectivity index (χ2n) is 5.01.